The highest BCUT2D eigenvalue weighted by Crippen LogP contribution is 2.23. The standard InChI is InChI=1S/C15H13ClN2O3S/c16-11-2-1-3-13(8-11)22(20,21)18-12-5-4-10-6-7-17-15(19)14(10)9-12/h1-5,8-9,18H,6-7H2,(H,17,19). The van der Waals surface area contributed by atoms with E-state index in [1.807, 2.05) is 0 Å². The van der Waals surface area contributed by atoms with Gasteiger partial charge in [0.05, 0.1) is 4.90 Å². The van der Waals surface area contributed by atoms with Crippen molar-refractivity contribution in [3.63, 3.8) is 0 Å². The summed E-state index contributed by atoms with van der Waals surface area (Å²) in [5.41, 5.74) is 1.75. The van der Waals surface area contributed by atoms with Crippen LogP contribution in [0.25, 0.3) is 0 Å². The monoisotopic (exact) mass is 336 g/mol. The van der Waals surface area contributed by atoms with Crippen LogP contribution in [0.5, 0.6) is 0 Å². The minimum atomic E-state index is -3.75. The number of amides is 1. The van der Waals surface area contributed by atoms with Gasteiger partial charge in [-0.1, -0.05) is 23.7 Å². The molecule has 1 aliphatic rings. The van der Waals surface area contributed by atoms with Gasteiger partial charge < -0.3 is 5.32 Å². The van der Waals surface area contributed by atoms with Crippen molar-refractivity contribution in [2.45, 2.75) is 11.3 Å². The Morgan fingerprint density at radius 1 is 1.14 bits per heavy atom. The van der Waals surface area contributed by atoms with E-state index in [1.165, 1.54) is 12.1 Å². The molecule has 0 aliphatic carbocycles. The quantitative estimate of drug-likeness (QED) is 0.904. The van der Waals surface area contributed by atoms with Crippen molar-refractivity contribution in [3.8, 4) is 0 Å². The molecule has 1 amide bonds. The van der Waals surface area contributed by atoms with Gasteiger partial charge in [-0.15, -0.1) is 0 Å². The first kappa shape index (κ1) is 14.9. The molecule has 3 rings (SSSR count). The van der Waals surface area contributed by atoms with Crippen molar-refractivity contribution in [1.29, 1.82) is 0 Å². The van der Waals surface area contributed by atoms with Crippen LogP contribution in [0, 0.1) is 0 Å². The largest absolute Gasteiger partial charge is 0.352 e. The van der Waals surface area contributed by atoms with Crippen LogP contribution in [-0.2, 0) is 16.4 Å². The molecule has 1 aliphatic heterocycles. The normalized spacial score (nSPS) is 14.1. The fourth-order valence-electron chi connectivity index (χ4n) is 2.32. The molecule has 2 aromatic rings. The predicted octanol–water partition coefficient (Wildman–Crippen LogP) is 2.43. The number of hydrogen-bond donors (Lipinski definition) is 2. The number of carbonyl (C=O) groups excluding carboxylic acids is 1. The first-order valence-corrected chi connectivity index (χ1v) is 8.51. The molecule has 2 aromatic carbocycles. The second-order valence-electron chi connectivity index (χ2n) is 4.94. The number of benzene rings is 2. The molecular weight excluding hydrogens is 324 g/mol. The highest BCUT2D eigenvalue weighted by atomic mass is 35.5. The SMILES string of the molecule is O=C1NCCc2ccc(NS(=O)(=O)c3cccc(Cl)c3)cc21. The molecule has 0 saturated heterocycles. The van der Waals surface area contributed by atoms with E-state index in [4.69, 9.17) is 11.6 Å². The van der Waals surface area contributed by atoms with E-state index < -0.39 is 10.0 Å². The second kappa shape index (κ2) is 5.62. The lowest BCUT2D eigenvalue weighted by Gasteiger charge is -2.17. The Balaban J connectivity index is 1.93. The highest BCUT2D eigenvalue weighted by molar-refractivity contribution is 7.92. The number of hydrogen-bond acceptors (Lipinski definition) is 3. The number of carbonyl (C=O) groups is 1. The molecule has 0 atom stereocenters. The maximum Gasteiger partial charge on any atom is 0.261 e. The molecule has 0 bridgehead atoms. The average Bonchev–Trinajstić information content (AvgIpc) is 2.48. The smallest absolute Gasteiger partial charge is 0.261 e. The van der Waals surface area contributed by atoms with Crippen molar-refractivity contribution >= 4 is 33.2 Å². The lowest BCUT2D eigenvalue weighted by molar-refractivity contribution is 0.0946. The van der Waals surface area contributed by atoms with Gasteiger partial charge in [-0.3, -0.25) is 9.52 Å². The first-order valence-electron chi connectivity index (χ1n) is 6.65. The zero-order valence-corrected chi connectivity index (χ0v) is 13.0. The minimum Gasteiger partial charge on any atom is -0.352 e. The van der Waals surface area contributed by atoms with E-state index in [-0.39, 0.29) is 10.8 Å². The van der Waals surface area contributed by atoms with Gasteiger partial charge in [-0.05, 0) is 42.3 Å². The Kier molecular flexibility index (Phi) is 3.80. The zero-order chi connectivity index (χ0) is 15.7. The lowest BCUT2D eigenvalue weighted by Crippen LogP contribution is -2.31. The summed E-state index contributed by atoms with van der Waals surface area (Å²) < 4.78 is 27.1. The van der Waals surface area contributed by atoms with Crippen LogP contribution in [0.2, 0.25) is 5.02 Å². The van der Waals surface area contributed by atoms with Crippen molar-refractivity contribution in [2.75, 3.05) is 11.3 Å². The average molecular weight is 337 g/mol. The summed E-state index contributed by atoms with van der Waals surface area (Å²) in [6.45, 7) is 0.597. The topological polar surface area (TPSA) is 75.3 Å². The van der Waals surface area contributed by atoms with E-state index in [9.17, 15) is 13.2 Å². The first-order chi connectivity index (χ1) is 10.5. The summed E-state index contributed by atoms with van der Waals surface area (Å²) in [6, 6.07) is 11.0. The van der Waals surface area contributed by atoms with Crippen molar-refractivity contribution in [2.24, 2.45) is 0 Å². The molecule has 0 saturated carbocycles. The molecule has 0 aromatic heterocycles. The molecule has 7 heteroatoms. The molecule has 1 heterocycles. The Bertz CT molecular complexity index is 850. The third-order valence-electron chi connectivity index (χ3n) is 3.39. The molecule has 5 nitrogen and oxygen atoms in total. The molecule has 0 fully saturated rings. The number of sulfonamides is 1. The zero-order valence-electron chi connectivity index (χ0n) is 11.5. The van der Waals surface area contributed by atoms with E-state index >= 15 is 0 Å². The second-order valence-corrected chi connectivity index (χ2v) is 7.06. The maximum absolute atomic E-state index is 12.3. The maximum atomic E-state index is 12.3. The Hall–Kier alpha value is -2.05. The molecular formula is C15H13ClN2O3S. The molecule has 114 valence electrons. The fraction of sp³-hybridized carbons (Fsp3) is 0.133. The van der Waals surface area contributed by atoms with Gasteiger partial charge in [0.25, 0.3) is 15.9 Å². The summed E-state index contributed by atoms with van der Waals surface area (Å²) in [4.78, 5) is 11.9. The number of anilines is 1. The van der Waals surface area contributed by atoms with Crippen LogP contribution in [-0.4, -0.2) is 20.9 Å². The van der Waals surface area contributed by atoms with Gasteiger partial charge in [0.1, 0.15) is 0 Å². The van der Waals surface area contributed by atoms with Gasteiger partial charge in [-0.25, -0.2) is 8.42 Å². The third-order valence-corrected chi connectivity index (χ3v) is 5.01. The van der Waals surface area contributed by atoms with Gasteiger partial charge >= 0.3 is 0 Å². The predicted molar refractivity (Wildman–Crippen MR) is 84.7 cm³/mol. The van der Waals surface area contributed by atoms with Crippen LogP contribution < -0.4 is 10.0 Å². The summed E-state index contributed by atoms with van der Waals surface area (Å²) in [7, 11) is -3.75. The number of nitrogens with one attached hydrogen (secondary N) is 2. The minimum absolute atomic E-state index is 0.0715. The third kappa shape index (κ3) is 2.93. The van der Waals surface area contributed by atoms with E-state index in [0.29, 0.717) is 22.8 Å². The van der Waals surface area contributed by atoms with Crippen LogP contribution in [0.4, 0.5) is 5.69 Å². The van der Waals surface area contributed by atoms with Crippen molar-refractivity contribution in [1.82, 2.24) is 5.32 Å². The van der Waals surface area contributed by atoms with Gasteiger partial charge in [0.2, 0.25) is 0 Å². The summed E-state index contributed by atoms with van der Waals surface area (Å²) in [5.74, 6) is -0.190. The van der Waals surface area contributed by atoms with Crippen LogP contribution in [0.1, 0.15) is 15.9 Å². The van der Waals surface area contributed by atoms with Crippen LogP contribution in [0.15, 0.2) is 47.4 Å². The Morgan fingerprint density at radius 2 is 1.95 bits per heavy atom. The van der Waals surface area contributed by atoms with E-state index in [2.05, 4.69) is 10.0 Å². The van der Waals surface area contributed by atoms with E-state index in [1.54, 1.807) is 30.3 Å². The highest BCUT2D eigenvalue weighted by Gasteiger charge is 2.19. The Morgan fingerprint density at radius 3 is 2.73 bits per heavy atom. The van der Waals surface area contributed by atoms with Crippen molar-refractivity contribution < 1.29 is 13.2 Å². The number of fused-ring (bicyclic) bond motifs is 1. The molecule has 0 radical (unpaired) electrons. The van der Waals surface area contributed by atoms with Gasteiger partial charge in [-0.2, -0.15) is 0 Å². The number of halogens is 1. The summed E-state index contributed by atoms with van der Waals surface area (Å²) >= 11 is 5.82. The molecule has 0 unspecified atom stereocenters. The molecule has 0 spiro atoms. The Labute approximate surface area is 133 Å². The van der Waals surface area contributed by atoms with E-state index in [0.717, 1.165) is 12.0 Å². The lowest BCUT2D eigenvalue weighted by atomic mass is 10.00. The van der Waals surface area contributed by atoms with Crippen molar-refractivity contribution in [3.05, 3.63) is 58.6 Å². The number of rotatable bonds is 3. The fourth-order valence-corrected chi connectivity index (χ4v) is 3.67. The summed E-state index contributed by atoms with van der Waals surface area (Å²) in [5, 5.41) is 3.07. The summed E-state index contributed by atoms with van der Waals surface area (Å²) in [6.07, 6.45) is 0.738. The van der Waals surface area contributed by atoms with Crippen LogP contribution in [0.3, 0.4) is 0 Å². The molecule has 22 heavy (non-hydrogen) atoms. The molecule has 2 N–H and O–H groups in total. The van der Waals surface area contributed by atoms with Crippen LogP contribution >= 0.6 is 11.6 Å². The van der Waals surface area contributed by atoms with Gasteiger partial charge in [0, 0.05) is 22.8 Å². The van der Waals surface area contributed by atoms with Gasteiger partial charge in [0.15, 0.2) is 0 Å².